The summed E-state index contributed by atoms with van der Waals surface area (Å²) in [5.74, 6) is 0.377. The van der Waals surface area contributed by atoms with Crippen LogP contribution >= 0.6 is 0 Å². The first kappa shape index (κ1) is 22.2. The first-order chi connectivity index (χ1) is 15.9. The van der Waals surface area contributed by atoms with Crippen LogP contribution < -0.4 is 10.6 Å². The highest BCUT2D eigenvalue weighted by molar-refractivity contribution is 6.01. The van der Waals surface area contributed by atoms with Gasteiger partial charge in [0.15, 0.2) is 0 Å². The highest BCUT2D eigenvalue weighted by Gasteiger charge is 2.49. The van der Waals surface area contributed by atoms with Crippen molar-refractivity contribution in [1.82, 2.24) is 15.5 Å². The van der Waals surface area contributed by atoms with Gasteiger partial charge in [0.2, 0.25) is 5.91 Å². The second-order valence-electron chi connectivity index (χ2n) is 10.6. The molecule has 4 aliphatic rings. The summed E-state index contributed by atoms with van der Waals surface area (Å²) in [5.41, 5.74) is 3.60. The number of allylic oxidation sites excluding steroid dienone is 1. The molecule has 1 saturated heterocycles. The van der Waals surface area contributed by atoms with Crippen LogP contribution in [0.5, 0.6) is 0 Å². The topological polar surface area (TPSA) is 85.2 Å². The quantitative estimate of drug-likeness (QED) is 0.696. The number of hydrogen-bond donors (Lipinski definition) is 2. The number of benzene rings is 1. The molecular weight excluding hydrogens is 412 g/mol. The zero-order valence-corrected chi connectivity index (χ0v) is 19.5. The van der Waals surface area contributed by atoms with Gasteiger partial charge in [-0.05, 0) is 75.0 Å². The maximum atomic E-state index is 13.0. The van der Waals surface area contributed by atoms with Crippen LogP contribution in [0.4, 0.5) is 0 Å². The van der Waals surface area contributed by atoms with Crippen molar-refractivity contribution < 1.29 is 9.59 Å². The Bertz CT molecular complexity index is 1020. The minimum Gasteiger partial charge on any atom is -0.329 e. The number of nitrogens with zero attached hydrogens (tertiary/aromatic N) is 2. The van der Waals surface area contributed by atoms with Gasteiger partial charge in [-0.15, -0.1) is 0 Å². The third kappa shape index (κ3) is 4.19. The van der Waals surface area contributed by atoms with E-state index in [0.29, 0.717) is 31.3 Å². The van der Waals surface area contributed by atoms with Crippen molar-refractivity contribution >= 4 is 11.8 Å². The maximum Gasteiger partial charge on any atom is 0.255 e. The Labute approximate surface area is 196 Å². The summed E-state index contributed by atoms with van der Waals surface area (Å²) in [6.07, 6.45) is 9.19. The molecule has 2 N–H and O–H groups in total. The number of carbonyl (C=O) groups excluding carboxylic acids is 2. The smallest absolute Gasteiger partial charge is 0.255 e. The standard InChI is InChI=1S/C27H34N4O2/c1-17-7-10-24(25(32)29-17)31-15-21-14-19(8-9-22(21)26(31)33)13-20-5-3-4-6-23(20)30-18(2)27(16-28)11-12-27/h8-9,14,18,20,23-24,30H,1,3-7,10-13,15H2,2H3,(H,29,32)/t18?,20-,23+,24?/m1/s1. The van der Waals surface area contributed by atoms with Crippen molar-refractivity contribution in [1.29, 1.82) is 5.26 Å². The molecule has 2 saturated carbocycles. The van der Waals surface area contributed by atoms with E-state index < -0.39 is 6.04 Å². The molecule has 6 nitrogen and oxygen atoms in total. The van der Waals surface area contributed by atoms with E-state index in [1.54, 1.807) is 4.90 Å². The second-order valence-corrected chi connectivity index (χ2v) is 10.6. The van der Waals surface area contributed by atoms with Crippen molar-refractivity contribution in [3.8, 4) is 6.07 Å². The molecule has 2 aliphatic heterocycles. The molecule has 33 heavy (non-hydrogen) atoms. The highest BCUT2D eigenvalue weighted by atomic mass is 16.2. The van der Waals surface area contributed by atoms with E-state index in [2.05, 4.69) is 42.3 Å². The molecule has 174 valence electrons. The largest absolute Gasteiger partial charge is 0.329 e. The molecule has 2 aliphatic carbocycles. The van der Waals surface area contributed by atoms with Crippen LogP contribution in [-0.2, 0) is 17.8 Å². The second kappa shape index (κ2) is 8.61. The minimum atomic E-state index is -0.415. The van der Waals surface area contributed by atoms with Crippen molar-refractivity contribution in [2.75, 3.05) is 0 Å². The van der Waals surface area contributed by atoms with Gasteiger partial charge in [-0.1, -0.05) is 31.6 Å². The predicted molar refractivity (Wildman–Crippen MR) is 126 cm³/mol. The molecule has 0 spiro atoms. The molecule has 5 rings (SSSR count). The Morgan fingerprint density at radius 3 is 2.79 bits per heavy atom. The summed E-state index contributed by atoms with van der Waals surface area (Å²) in [6.45, 7) is 6.52. The first-order valence-corrected chi connectivity index (χ1v) is 12.5. The molecule has 2 amide bonds. The van der Waals surface area contributed by atoms with E-state index in [1.807, 2.05) is 6.07 Å². The van der Waals surface area contributed by atoms with Crippen molar-refractivity contribution in [3.05, 3.63) is 47.2 Å². The van der Waals surface area contributed by atoms with Crippen molar-refractivity contribution in [2.45, 2.75) is 89.4 Å². The molecule has 1 aromatic carbocycles. The van der Waals surface area contributed by atoms with E-state index in [4.69, 9.17) is 0 Å². The number of fused-ring (bicyclic) bond motifs is 1. The lowest BCUT2D eigenvalue weighted by molar-refractivity contribution is -0.126. The fourth-order valence-corrected chi connectivity index (χ4v) is 6.07. The van der Waals surface area contributed by atoms with Crippen LogP contribution in [0.1, 0.15) is 79.8 Å². The van der Waals surface area contributed by atoms with E-state index in [-0.39, 0.29) is 23.3 Å². The highest BCUT2D eigenvalue weighted by Crippen LogP contribution is 2.48. The van der Waals surface area contributed by atoms with Crippen LogP contribution in [0.15, 0.2) is 30.5 Å². The minimum absolute atomic E-state index is 0.0403. The van der Waals surface area contributed by atoms with Crippen LogP contribution in [0.2, 0.25) is 0 Å². The Hall–Kier alpha value is -2.65. The number of nitriles is 1. The number of carbonyl (C=O) groups is 2. The maximum absolute atomic E-state index is 13.0. The molecule has 0 aromatic heterocycles. The number of amides is 2. The number of hydrogen-bond acceptors (Lipinski definition) is 4. The SMILES string of the molecule is C=C1CCC(N2Cc3cc(C[C@H]4CCCC[C@@H]4NC(C)C4(C#N)CC4)ccc3C2=O)C(=O)N1. The molecule has 0 bridgehead atoms. The van der Waals surface area contributed by atoms with E-state index in [9.17, 15) is 14.9 Å². The Kier molecular flexibility index (Phi) is 5.78. The zero-order chi connectivity index (χ0) is 23.2. The monoisotopic (exact) mass is 446 g/mol. The van der Waals surface area contributed by atoms with E-state index in [0.717, 1.165) is 42.5 Å². The van der Waals surface area contributed by atoms with Crippen LogP contribution in [-0.4, -0.2) is 34.8 Å². The summed E-state index contributed by atoms with van der Waals surface area (Å²) < 4.78 is 0. The Morgan fingerprint density at radius 1 is 1.27 bits per heavy atom. The summed E-state index contributed by atoms with van der Waals surface area (Å²) in [4.78, 5) is 27.2. The molecule has 2 unspecified atom stereocenters. The number of nitrogens with one attached hydrogen (secondary N) is 2. The molecule has 0 radical (unpaired) electrons. The van der Waals surface area contributed by atoms with E-state index >= 15 is 0 Å². The molecule has 4 atom stereocenters. The third-order valence-corrected chi connectivity index (χ3v) is 8.41. The summed E-state index contributed by atoms with van der Waals surface area (Å²) >= 11 is 0. The van der Waals surface area contributed by atoms with Crippen LogP contribution in [0.3, 0.4) is 0 Å². The number of piperidine rings is 1. The van der Waals surface area contributed by atoms with Gasteiger partial charge >= 0.3 is 0 Å². The molecular formula is C27H34N4O2. The lowest BCUT2D eigenvalue weighted by atomic mass is 9.79. The summed E-state index contributed by atoms with van der Waals surface area (Å²) in [5, 5.41) is 16.2. The fraction of sp³-hybridized carbons (Fsp3) is 0.593. The van der Waals surface area contributed by atoms with Gasteiger partial charge in [-0.3, -0.25) is 9.59 Å². The summed E-state index contributed by atoms with van der Waals surface area (Å²) in [7, 11) is 0. The van der Waals surface area contributed by atoms with Gasteiger partial charge in [0.25, 0.3) is 5.91 Å². The van der Waals surface area contributed by atoms with Gasteiger partial charge in [-0.25, -0.2) is 0 Å². The van der Waals surface area contributed by atoms with Gasteiger partial charge in [0.05, 0.1) is 11.5 Å². The van der Waals surface area contributed by atoms with Crippen molar-refractivity contribution in [2.24, 2.45) is 11.3 Å². The van der Waals surface area contributed by atoms with Gasteiger partial charge in [0.1, 0.15) is 6.04 Å². The lowest BCUT2D eigenvalue weighted by Crippen LogP contribution is -2.49. The zero-order valence-electron chi connectivity index (χ0n) is 19.5. The average molecular weight is 447 g/mol. The molecule has 6 heteroatoms. The lowest BCUT2D eigenvalue weighted by Gasteiger charge is -2.36. The summed E-state index contributed by atoms with van der Waals surface area (Å²) in [6, 6.07) is 9.02. The Balaban J connectivity index is 1.27. The fourth-order valence-electron chi connectivity index (χ4n) is 6.07. The predicted octanol–water partition coefficient (Wildman–Crippen LogP) is 3.82. The Morgan fingerprint density at radius 2 is 2.06 bits per heavy atom. The van der Waals surface area contributed by atoms with Gasteiger partial charge < -0.3 is 15.5 Å². The van der Waals surface area contributed by atoms with E-state index in [1.165, 1.54) is 24.8 Å². The normalized spacial score (nSPS) is 29.3. The molecule has 2 heterocycles. The van der Waals surface area contributed by atoms with Crippen LogP contribution in [0.25, 0.3) is 0 Å². The first-order valence-electron chi connectivity index (χ1n) is 12.5. The molecule has 3 fully saturated rings. The third-order valence-electron chi connectivity index (χ3n) is 8.41. The van der Waals surface area contributed by atoms with Crippen molar-refractivity contribution in [3.63, 3.8) is 0 Å². The molecule has 1 aromatic rings. The number of rotatable bonds is 6. The van der Waals surface area contributed by atoms with Gasteiger partial charge in [0, 0.05) is 29.9 Å². The van der Waals surface area contributed by atoms with Crippen LogP contribution in [0, 0.1) is 22.7 Å². The van der Waals surface area contributed by atoms with Gasteiger partial charge in [-0.2, -0.15) is 5.26 Å². The average Bonchev–Trinajstić information content (AvgIpc) is 3.54.